The highest BCUT2D eigenvalue weighted by Crippen LogP contribution is 2.27. The van der Waals surface area contributed by atoms with Gasteiger partial charge in [-0.3, -0.25) is 4.79 Å². The molecule has 1 aromatic heterocycles. The molecule has 0 fully saturated rings. The van der Waals surface area contributed by atoms with Crippen LogP contribution < -0.4 is 11.1 Å². The van der Waals surface area contributed by atoms with E-state index in [2.05, 4.69) is 5.32 Å². The number of benzene rings is 1. The zero-order chi connectivity index (χ0) is 15.4. The number of hydrogen-bond donors (Lipinski definition) is 2. The van der Waals surface area contributed by atoms with Crippen molar-refractivity contribution in [2.24, 2.45) is 11.7 Å². The molecule has 21 heavy (non-hydrogen) atoms. The van der Waals surface area contributed by atoms with Gasteiger partial charge in [-0.15, -0.1) is 11.3 Å². The van der Waals surface area contributed by atoms with Gasteiger partial charge in [0.05, 0.1) is 6.04 Å². The van der Waals surface area contributed by atoms with Gasteiger partial charge >= 0.3 is 0 Å². The van der Waals surface area contributed by atoms with Crippen LogP contribution in [0.15, 0.2) is 41.8 Å². The van der Waals surface area contributed by atoms with Crippen molar-refractivity contribution >= 4 is 28.8 Å². The third kappa shape index (κ3) is 4.06. The molecule has 0 saturated heterocycles. The molecule has 5 heteroatoms. The Hall–Kier alpha value is -1.36. The molecule has 1 aromatic carbocycles. The van der Waals surface area contributed by atoms with Crippen LogP contribution in [0.1, 0.15) is 30.3 Å². The molecule has 3 nitrogen and oxygen atoms in total. The van der Waals surface area contributed by atoms with E-state index in [0.29, 0.717) is 5.02 Å². The highest BCUT2D eigenvalue weighted by Gasteiger charge is 2.23. The molecule has 0 spiro atoms. The molecule has 2 aromatic rings. The van der Waals surface area contributed by atoms with Gasteiger partial charge in [-0.25, -0.2) is 0 Å². The Bertz CT molecular complexity index is 581. The van der Waals surface area contributed by atoms with Crippen molar-refractivity contribution in [3.05, 3.63) is 57.2 Å². The quantitative estimate of drug-likeness (QED) is 0.883. The number of amides is 1. The molecule has 3 N–H and O–H groups in total. The summed E-state index contributed by atoms with van der Waals surface area (Å²) in [6.45, 7) is 3.68. The summed E-state index contributed by atoms with van der Waals surface area (Å²) in [5.74, 6) is -0.280. The number of thiophene rings is 1. The summed E-state index contributed by atoms with van der Waals surface area (Å²) in [7, 11) is 0. The SMILES string of the molecule is CC(N)C(C)C(=O)NC(c1ccc(Cl)cc1)c1cccs1. The summed E-state index contributed by atoms with van der Waals surface area (Å²) < 4.78 is 0. The number of nitrogens with one attached hydrogen (secondary N) is 1. The van der Waals surface area contributed by atoms with E-state index < -0.39 is 0 Å². The monoisotopic (exact) mass is 322 g/mol. The Kier molecular flexibility index (Phi) is 5.39. The van der Waals surface area contributed by atoms with Gasteiger partial charge in [-0.1, -0.05) is 36.7 Å². The predicted molar refractivity (Wildman–Crippen MR) is 88.6 cm³/mol. The van der Waals surface area contributed by atoms with Crippen LogP contribution >= 0.6 is 22.9 Å². The van der Waals surface area contributed by atoms with Crippen molar-refractivity contribution in [2.75, 3.05) is 0 Å². The summed E-state index contributed by atoms with van der Waals surface area (Å²) in [6.07, 6.45) is 0. The van der Waals surface area contributed by atoms with E-state index in [9.17, 15) is 4.79 Å². The lowest BCUT2D eigenvalue weighted by atomic mass is 10.0. The maximum absolute atomic E-state index is 12.3. The van der Waals surface area contributed by atoms with Gasteiger partial charge in [0.2, 0.25) is 5.91 Å². The molecule has 3 atom stereocenters. The Morgan fingerprint density at radius 3 is 2.43 bits per heavy atom. The van der Waals surface area contributed by atoms with Crippen LogP contribution in [0.3, 0.4) is 0 Å². The maximum atomic E-state index is 12.3. The van der Waals surface area contributed by atoms with E-state index in [1.165, 1.54) is 0 Å². The normalized spacial score (nSPS) is 15.2. The van der Waals surface area contributed by atoms with Crippen molar-refractivity contribution in [1.29, 1.82) is 0 Å². The minimum absolute atomic E-state index is 0.0432. The molecule has 0 saturated carbocycles. The molecule has 3 unspecified atom stereocenters. The molecule has 112 valence electrons. The third-order valence-corrected chi connectivity index (χ3v) is 4.71. The molecule has 0 aliphatic carbocycles. The number of carbonyl (C=O) groups is 1. The first-order valence-corrected chi connectivity index (χ1v) is 8.09. The minimum Gasteiger partial charge on any atom is -0.344 e. The average molecular weight is 323 g/mol. The lowest BCUT2D eigenvalue weighted by molar-refractivity contribution is -0.125. The van der Waals surface area contributed by atoms with Gasteiger partial charge < -0.3 is 11.1 Å². The predicted octanol–water partition coefficient (Wildman–Crippen LogP) is 3.59. The van der Waals surface area contributed by atoms with Crippen LogP contribution in [-0.4, -0.2) is 11.9 Å². The zero-order valence-corrected chi connectivity index (χ0v) is 13.6. The Balaban J connectivity index is 2.25. The minimum atomic E-state index is -0.236. The van der Waals surface area contributed by atoms with E-state index in [1.807, 2.05) is 55.6 Å². The lowest BCUT2D eigenvalue weighted by Crippen LogP contribution is -2.40. The summed E-state index contributed by atoms with van der Waals surface area (Å²) in [6, 6.07) is 11.2. The average Bonchev–Trinajstić information content (AvgIpc) is 2.98. The van der Waals surface area contributed by atoms with Crippen molar-refractivity contribution in [3.63, 3.8) is 0 Å². The van der Waals surface area contributed by atoms with Crippen molar-refractivity contribution < 1.29 is 4.79 Å². The number of halogens is 1. The number of carbonyl (C=O) groups excluding carboxylic acids is 1. The molecular weight excluding hydrogens is 304 g/mol. The molecular formula is C16H19ClN2OS. The first-order chi connectivity index (χ1) is 9.99. The van der Waals surface area contributed by atoms with Gasteiger partial charge in [0, 0.05) is 21.9 Å². The molecule has 1 heterocycles. The summed E-state index contributed by atoms with van der Waals surface area (Å²) in [4.78, 5) is 13.4. The third-order valence-electron chi connectivity index (χ3n) is 3.52. The van der Waals surface area contributed by atoms with Crippen LogP contribution in [0.25, 0.3) is 0 Å². The van der Waals surface area contributed by atoms with Gasteiger partial charge in [-0.2, -0.15) is 0 Å². The topological polar surface area (TPSA) is 55.1 Å². The van der Waals surface area contributed by atoms with Crippen LogP contribution in [0.4, 0.5) is 0 Å². The molecule has 1 amide bonds. The largest absolute Gasteiger partial charge is 0.344 e. The molecule has 2 rings (SSSR count). The second-order valence-electron chi connectivity index (χ2n) is 5.16. The summed E-state index contributed by atoms with van der Waals surface area (Å²) >= 11 is 7.55. The fourth-order valence-corrected chi connectivity index (χ4v) is 2.87. The molecule has 0 radical (unpaired) electrons. The van der Waals surface area contributed by atoms with Gasteiger partial charge in [-0.05, 0) is 36.1 Å². The van der Waals surface area contributed by atoms with E-state index >= 15 is 0 Å². The number of nitrogens with two attached hydrogens (primary N) is 1. The molecule has 0 aliphatic rings. The van der Waals surface area contributed by atoms with E-state index in [4.69, 9.17) is 17.3 Å². The summed E-state index contributed by atoms with van der Waals surface area (Å²) in [5, 5.41) is 5.76. The standard InChI is InChI=1S/C16H19ClN2OS/c1-10(11(2)18)16(20)19-15(14-4-3-9-21-14)12-5-7-13(17)8-6-12/h3-11,15H,18H2,1-2H3,(H,19,20). The zero-order valence-electron chi connectivity index (χ0n) is 12.0. The van der Waals surface area contributed by atoms with Crippen LogP contribution in [0.5, 0.6) is 0 Å². The Morgan fingerprint density at radius 1 is 1.24 bits per heavy atom. The van der Waals surface area contributed by atoms with Crippen LogP contribution in [0.2, 0.25) is 5.02 Å². The smallest absolute Gasteiger partial charge is 0.225 e. The van der Waals surface area contributed by atoms with Crippen LogP contribution in [-0.2, 0) is 4.79 Å². The van der Waals surface area contributed by atoms with Crippen molar-refractivity contribution in [1.82, 2.24) is 5.32 Å². The second-order valence-corrected chi connectivity index (χ2v) is 6.57. The molecule has 0 aliphatic heterocycles. The van der Waals surface area contributed by atoms with Gasteiger partial charge in [0.1, 0.15) is 0 Å². The van der Waals surface area contributed by atoms with Gasteiger partial charge in [0.15, 0.2) is 0 Å². The first-order valence-electron chi connectivity index (χ1n) is 6.84. The van der Waals surface area contributed by atoms with E-state index in [-0.39, 0.29) is 23.9 Å². The highest BCUT2D eigenvalue weighted by atomic mass is 35.5. The maximum Gasteiger partial charge on any atom is 0.225 e. The van der Waals surface area contributed by atoms with Crippen molar-refractivity contribution in [3.8, 4) is 0 Å². The lowest BCUT2D eigenvalue weighted by Gasteiger charge is -2.22. The number of hydrogen-bond acceptors (Lipinski definition) is 3. The van der Waals surface area contributed by atoms with E-state index in [1.54, 1.807) is 11.3 Å². The Labute approximate surface area is 134 Å². The fourth-order valence-electron chi connectivity index (χ4n) is 1.94. The summed E-state index contributed by atoms with van der Waals surface area (Å²) in [5.41, 5.74) is 6.82. The van der Waals surface area contributed by atoms with E-state index in [0.717, 1.165) is 10.4 Å². The Morgan fingerprint density at radius 2 is 1.90 bits per heavy atom. The number of rotatable bonds is 5. The van der Waals surface area contributed by atoms with Gasteiger partial charge in [0.25, 0.3) is 0 Å². The fraction of sp³-hybridized carbons (Fsp3) is 0.312. The highest BCUT2D eigenvalue weighted by molar-refractivity contribution is 7.10. The second kappa shape index (κ2) is 7.07. The first kappa shape index (κ1) is 16.0. The van der Waals surface area contributed by atoms with Crippen LogP contribution in [0, 0.1) is 5.92 Å². The molecule has 0 bridgehead atoms. The van der Waals surface area contributed by atoms with Crippen molar-refractivity contribution in [2.45, 2.75) is 25.9 Å².